The predicted molar refractivity (Wildman–Crippen MR) is 141 cm³/mol. The molecule has 6 heteroatoms. The molecule has 35 heavy (non-hydrogen) atoms. The summed E-state index contributed by atoms with van der Waals surface area (Å²) in [6.45, 7) is 8.10. The third kappa shape index (κ3) is 5.69. The highest BCUT2D eigenvalue weighted by Crippen LogP contribution is 2.37. The van der Waals surface area contributed by atoms with E-state index in [1.165, 1.54) is 0 Å². The van der Waals surface area contributed by atoms with E-state index in [-0.39, 0.29) is 5.78 Å². The van der Waals surface area contributed by atoms with Crippen molar-refractivity contribution >= 4 is 28.4 Å². The van der Waals surface area contributed by atoms with Crippen LogP contribution in [0, 0.1) is 0 Å². The zero-order valence-electron chi connectivity index (χ0n) is 20.3. The van der Waals surface area contributed by atoms with E-state index >= 15 is 0 Å². The first-order chi connectivity index (χ1) is 17.0. The maximum atomic E-state index is 13.6. The summed E-state index contributed by atoms with van der Waals surface area (Å²) in [7, 11) is 1.60. The van der Waals surface area contributed by atoms with Crippen LogP contribution in [0.25, 0.3) is 22.3 Å². The highest BCUT2D eigenvalue weighted by atomic mass is 35.5. The van der Waals surface area contributed by atoms with Crippen LogP contribution in [0.2, 0.25) is 5.02 Å². The third-order valence-electron chi connectivity index (χ3n) is 6.13. The van der Waals surface area contributed by atoms with Gasteiger partial charge in [-0.15, -0.1) is 0 Å². The van der Waals surface area contributed by atoms with E-state index in [1.807, 2.05) is 24.3 Å². The average molecular weight is 492 g/mol. The van der Waals surface area contributed by atoms with Gasteiger partial charge >= 0.3 is 0 Å². The van der Waals surface area contributed by atoms with E-state index in [1.54, 1.807) is 49.6 Å². The zero-order chi connectivity index (χ0) is 24.8. The normalized spacial score (nSPS) is 11.2. The Kier molecular flexibility index (Phi) is 8.11. The van der Waals surface area contributed by atoms with Gasteiger partial charge < -0.3 is 18.8 Å². The quantitative estimate of drug-likeness (QED) is 0.165. The van der Waals surface area contributed by atoms with E-state index in [4.69, 9.17) is 25.5 Å². The van der Waals surface area contributed by atoms with Gasteiger partial charge in [-0.3, -0.25) is 4.79 Å². The maximum Gasteiger partial charge on any atom is 0.197 e. The van der Waals surface area contributed by atoms with Gasteiger partial charge in [0.05, 0.1) is 19.3 Å². The predicted octanol–water partition coefficient (Wildman–Crippen LogP) is 7.10. The van der Waals surface area contributed by atoms with Crippen LogP contribution in [0.5, 0.6) is 11.5 Å². The Balaban J connectivity index is 1.60. The number of carbonyl (C=O) groups excluding carboxylic acids is 1. The lowest BCUT2D eigenvalue weighted by atomic mass is 9.97. The van der Waals surface area contributed by atoms with Crippen molar-refractivity contribution in [3.8, 4) is 22.8 Å². The van der Waals surface area contributed by atoms with Gasteiger partial charge in [-0.25, -0.2) is 0 Å². The van der Waals surface area contributed by atoms with E-state index < -0.39 is 0 Å². The number of nitrogens with zero attached hydrogens (tertiary/aromatic N) is 1. The fraction of sp³-hybridized carbons (Fsp3) is 0.276. The minimum Gasteiger partial charge on any atom is -0.497 e. The number of rotatable bonds is 11. The number of carbonyl (C=O) groups is 1. The number of hydrogen-bond donors (Lipinski definition) is 0. The second kappa shape index (κ2) is 11.4. The molecule has 0 bridgehead atoms. The van der Waals surface area contributed by atoms with Crippen LogP contribution < -0.4 is 9.47 Å². The molecule has 3 aromatic carbocycles. The Morgan fingerprint density at radius 1 is 0.943 bits per heavy atom. The second-order valence-electron chi connectivity index (χ2n) is 8.26. The van der Waals surface area contributed by atoms with Gasteiger partial charge in [0.15, 0.2) is 5.78 Å². The minimum atomic E-state index is -0.139. The smallest absolute Gasteiger partial charge is 0.197 e. The number of benzene rings is 3. The van der Waals surface area contributed by atoms with Gasteiger partial charge in [0.1, 0.15) is 22.8 Å². The van der Waals surface area contributed by atoms with Gasteiger partial charge in [0.25, 0.3) is 0 Å². The summed E-state index contributed by atoms with van der Waals surface area (Å²) in [6, 6.07) is 20.0. The molecule has 0 saturated heterocycles. The van der Waals surface area contributed by atoms with Crippen molar-refractivity contribution in [1.29, 1.82) is 0 Å². The first kappa shape index (κ1) is 24.8. The molecule has 0 amide bonds. The molecule has 1 aromatic heterocycles. The summed E-state index contributed by atoms with van der Waals surface area (Å²) in [5, 5.41) is 1.23. The van der Waals surface area contributed by atoms with Gasteiger partial charge in [0.2, 0.25) is 0 Å². The van der Waals surface area contributed by atoms with Crippen molar-refractivity contribution in [2.45, 2.75) is 20.3 Å². The van der Waals surface area contributed by atoms with Crippen molar-refractivity contribution < 1.29 is 18.7 Å². The lowest BCUT2D eigenvalue weighted by Gasteiger charge is -2.17. The molecular formula is C29H30ClNO4. The van der Waals surface area contributed by atoms with E-state index in [0.717, 1.165) is 37.4 Å². The molecular weight excluding hydrogens is 462 g/mol. The molecule has 0 aliphatic carbocycles. The highest BCUT2D eigenvalue weighted by molar-refractivity contribution is 6.32. The van der Waals surface area contributed by atoms with Crippen LogP contribution in [-0.2, 0) is 0 Å². The molecule has 0 N–H and O–H groups in total. The van der Waals surface area contributed by atoms with Crippen LogP contribution in [0.3, 0.4) is 0 Å². The van der Waals surface area contributed by atoms with E-state index in [2.05, 4.69) is 18.7 Å². The van der Waals surface area contributed by atoms with Crippen molar-refractivity contribution in [2.75, 3.05) is 33.4 Å². The molecule has 182 valence electrons. The summed E-state index contributed by atoms with van der Waals surface area (Å²) < 4.78 is 17.3. The largest absolute Gasteiger partial charge is 0.497 e. The number of methoxy groups -OCH3 is 1. The lowest BCUT2D eigenvalue weighted by Crippen LogP contribution is -2.25. The molecule has 4 rings (SSSR count). The van der Waals surface area contributed by atoms with Crippen molar-refractivity contribution in [3.05, 3.63) is 82.9 Å². The molecule has 0 spiro atoms. The zero-order valence-corrected chi connectivity index (χ0v) is 21.1. The monoisotopic (exact) mass is 491 g/mol. The summed E-state index contributed by atoms with van der Waals surface area (Å²) in [5.74, 6) is 1.85. The summed E-state index contributed by atoms with van der Waals surface area (Å²) in [4.78, 5) is 16.0. The first-order valence-corrected chi connectivity index (χ1v) is 12.3. The fourth-order valence-electron chi connectivity index (χ4n) is 4.11. The van der Waals surface area contributed by atoms with Crippen molar-refractivity contribution in [3.63, 3.8) is 0 Å². The van der Waals surface area contributed by atoms with Crippen molar-refractivity contribution in [1.82, 2.24) is 4.90 Å². The highest BCUT2D eigenvalue weighted by Gasteiger charge is 2.23. The number of hydrogen-bond acceptors (Lipinski definition) is 5. The number of halogens is 1. The summed E-state index contributed by atoms with van der Waals surface area (Å²) in [6.07, 6.45) is 0.967. The minimum absolute atomic E-state index is 0.139. The van der Waals surface area contributed by atoms with Crippen molar-refractivity contribution in [2.24, 2.45) is 0 Å². The molecule has 1 heterocycles. The summed E-state index contributed by atoms with van der Waals surface area (Å²) in [5.41, 5.74) is 2.44. The molecule has 0 aliphatic heterocycles. The third-order valence-corrected chi connectivity index (χ3v) is 6.36. The Morgan fingerprint density at radius 3 is 2.29 bits per heavy atom. The molecule has 0 unspecified atom stereocenters. The molecule has 0 fully saturated rings. The van der Waals surface area contributed by atoms with Gasteiger partial charge in [-0.05, 0) is 86.2 Å². The first-order valence-electron chi connectivity index (χ1n) is 11.9. The lowest BCUT2D eigenvalue weighted by molar-refractivity contribution is 0.104. The van der Waals surface area contributed by atoms with Gasteiger partial charge in [-0.1, -0.05) is 25.4 Å². The molecule has 0 saturated carbocycles. The Labute approximate surface area is 211 Å². The van der Waals surface area contributed by atoms with Crippen LogP contribution in [0.1, 0.15) is 36.2 Å². The van der Waals surface area contributed by atoms with E-state index in [9.17, 15) is 4.79 Å². The Hall–Kier alpha value is -3.28. The van der Waals surface area contributed by atoms with Crippen LogP contribution in [0.4, 0.5) is 0 Å². The molecule has 0 atom stereocenters. The Morgan fingerprint density at radius 2 is 1.63 bits per heavy atom. The van der Waals surface area contributed by atoms with Gasteiger partial charge in [0, 0.05) is 28.1 Å². The number of ketones is 1. The standard InChI is InChI=1S/C29H30ClNO4/c1-4-31(5-2)17-6-18-34-24-14-9-21(10-15-24)29-27(25-19-22(30)11-16-26(25)35-29)28(32)20-7-12-23(33-3)13-8-20/h7-16,19H,4-6,17-18H2,1-3H3. The van der Waals surface area contributed by atoms with Crippen LogP contribution >= 0.6 is 11.6 Å². The summed E-state index contributed by atoms with van der Waals surface area (Å²) >= 11 is 6.27. The molecule has 0 aliphatic rings. The van der Waals surface area contributed by atoms with Gasteiger partial charge in [-0.2, -0.15) is 0 Å². The Bertz CT molecular complexity index is 1270. The number of fused-ring (bicyclic) bond motifs is 1. The number of ether oxygens (including phenoxy) is 2. The van der Waals surface area contributed by atoms with E-state index in [0.29, 0.717) is 45.2 Å². The second-order valence-corrected chi connectivity index (χ2v) is 8.69. The maximum absolute atomic E-state index is 13.6. The molecule has 0 radical (unpaired) electrons. The SMILES string of the molecule is CCN(CC)CCCOc1ccc(-c2oc3ccc(Cl)cc3c2C(=O)c2ccc(OC)cc2)cc1. The van der Waals surface area contributed by atoms with Crippen LogP contribution in [-0.4, -0.2) is 44.0 Å². The number of furan rings is 1. The molecule has 5 nitrogen and oxygen atoms in total. The molecule has 4 aromatic rings. The van der Waals surface area contributed by atoms with Crippen LogP contribution in [0.15, 0.2) is 71.1 Å². The fourth-order valence-corrected chi connectivity index (χ4v) is 4.28. The average Bonchev–Trinajstić information content (AvgIpc) is 3.27. The topological polar surface area (TPSA) is 51.9 Å².